The van der Waals surface area contributed by atoms with Gasteiger partial charge in [0, 0.05) is 10.9 Å². The Morgan fingerprint density at radius 1 is 1.14 bits per heavy atom. The van der Waals surface area contributed by atoms with Crippen LogP contribution in [0.4, 0.5) is 0 Å². The normalized spacial score (nSPS) is 10.8. The molecule has 4 heteroatoms. The van der Waals surface area contributed by atoms with Crippen LogP contribution in [0.3, 0.4) is 0 Å². The zero-order chi connectivity index (χ0) is 14.8. The van der Waals surface area contributed by atoms with Gasteiger partial charge in [-0.05, 0) is 18.6 Å². The van der Waals surface area contributed by atoms with Gasteiger partial charge in [-0.15, -0.1) is 0 Å². The molecule has 0 N–H and O–H groups in total. The van der Waals surface area contributed by atoms with E-state index in [1.165, 1.54) is 7.11 Å². The lowest BCUT2D eigenvalue weighted by Crippen LogP contribution is -2.12. The molecule has 0 aliphatic carbocycles. The van der Waals surface area contributed by atoms with Crippen LogP contribution >= 0.6 is 0 Å². The minimum Gasteiger partial charge on any atom is -0.468 e. The average Bonchev–Trinajstić information content (AvgIpc) is 2.86. The summed E-state index contributed by atoms with van der Waals surface area (Å²) in [6.45, 7) is 2.17. The molecule has 0 saturated carbocycles. The molecule has 0 aliphatic heterocycles. The van der Waals surface area contributed by atoms with Crippen LogP contribution in [-0.2, 0) is 16.1 Å². The SMILES string of the molecule is COC(=O)Cn1nc(-c2ccccc2C)c2ccccc21. The lowest BCUT2D eigenvalue weighted by Gasteiger charge is -2.02. The third kappa shape index (κ3) is 2.40. The summed E-state index contributed by atoms with van der Waals surface area (Å²) < 4.78 is 6.44. The maximum Gasteiger partial charge on any atom is 0.327 e. The van der Waals surface area contributed by atoms with E-state index in [0.29, 0.717) is 0 Å². The fourth-order valence-electron chi connectivity index (χ4n) is 2.47. The molecule has 21 heavy (non-hydrogen) atoms. The monoisotopic (exact) mass is 280 g/mol. The van der Waals surface area contributed by atoms with Gasteiger partial charge in [0.25, 0.3) is 0 Å². The van der Waals surface area contributed by atoms with Gasteiger partial charge in [0.05, 0.1) is 12.6 Å². The first-order valence-corrected chi connectivity index (χ1v) is 6.79. The highest BCUT2D eigenvalue weighted by Gasteiger charge is 2.15. The Morgan fingerprint density at radius 2 is 1.86 bits per heavy atom. The zero-order valence-corrected chi connectivity index (χ0v) is 12.0. The van der Waals surface area contributed by atoms with Crippen molar-refractivity contribution in [1.82, 2.24) is 9.78 Å². The largest absolute Gasteiger partial charge is 0.468 e. The maximum atomic E-state index is 11.6. The number of para-hydroxylation sites is 1. The maximum absolute atomic E-state index is 11.6. The van der Waals surface area contributed by atoms with Crippen LogP contribution < -0.4 is 0 Å². The van der Waals surface area contributed by atoms with Crippen molar-refractivity contribution in [1.29, 1.82) is 0 Å². The number of hydrogen-bond donors (Lipinski definition) is 0. The Hall–Kier alpha value is -2.62. The van der Waals surface area contributed by atoms with Gasteiger partial charge in [-0.25, -0.2) is 0 Å². The Labute approximate surface area is 123 Å². The summed E-state index contributed by atoms with van der Waals surface area (Å²) in [7, 11) is 1.39. The van der Waals surface area contributed by atoms with E-state index in [0.717, 1.165) is 27.7 Å². The number of hydrogen-bond acceptors (Lipinski definition) is 3. The van der Waals surface area contributed by atoms with E-state index in [2.05, 4.69) is 18.1 Å². The van der Waals surface area contributed by atoms with Crippen molar-refractivity contribution in [2.75, 3.05) is 7.11 Å². The molecule has 106 valence electrons. The van der Waals surface area contributed by atoms with E-state index in [9.17, 15) is 4.79 Å². The highest BCUT2D eigenvalue weighted by atomic mass is 16.5. The van der Waals surface area contributed by atoms with Gasteiger partial charge in [-0.1, -0.05) is 42.5 Å². The molecule has 0 atom stereocenters. The number of ether oxygens (including phenoxy) is 1. The molecule has 0 fully saturated rings. The minimum atomic E-state index is -0.306. The van der Waals surface area contributed by atoms with Crippen LogP contribution in [0.15, 0.2) is 48.5 Å². The second kappa shape index (κ2) is 5.40. The zero-order valence-electron chi connectivity index (χ0n) is 12.0. The molecule has 0 saturated heterocycles. The van der Waals surface area contributed by atoms with Gasteiger partial charge in [-0.2, -0.15) is 5.10 Å². The van der Waals surface area contributed by atoms with Crippen LogP contribution in [0.25, 0.3) is 22.2 Å². The number of esters is 1. The van der Waals surface area contributed by atoms with Crippen molar-refractivity contribution in [3.63, 3.8) is 0 Å². The predicted molar refractivity (Wildman–Crippen MR) is 81.9 cm³/mol. The molecule has 0 radical (unpaired) electrons. The van der Waals surface area contributed by atoms with Crippen LogP contribution in [0, 0.1) is 6.92 Å². The van der Waals surface area contributed by atoms with Crippen molar-refractivity contribution < 1.29 is 9.53 Å². The topological polar surface area (TPSA) is 44.1 Å². The fourth-order valence-corrected chi connectivity index (χ4v) is 2.47. The Bertz CT molecular complexity index is 805. The molecule has 1 aromatic heterocycles. The molecule has 0 unspecified atom stereocenters. The number of nitrogens with zero attached hydrogens (tertiary/aromatic N) is 2. The number of aromatic nitrogens is 2. The van der Waals surface area contributed by atoms with E-state index >= 15 is 0 Å². The number of rotatable bonds is 3. The van der Waals surface area contributed by atoms with Crippen molar-refractivity contribution >= 4 is 16.9 Å². The van der Waals surface area contributed by atoms with Gasteiger partial charge < -0.3 is 4.74 Å². The van der Waals surface area contributed by atoms with Crippen molar-refractivity contribution in [3.05, 3.63) is 54.1 Å². The first-order chi connectivity index (χ1) is 10.2. The molecule has 4 nitrogen and oxygen atoms in total. The van der Waals surface area contributed by atoms with Gasteiger partial charge in [0.1, 0.15) is 12.2 Å². The highest BCUT2D eigenvalue weighted by molar-refractivity contribution is 5.94. The number of benzene rings is 2. The molecule has 0 amide bonds. The van der Waals surface area contributed by atoms with Crippen LogP contribution in [0.2, 0.25) is 0 Å². The Kier molecular flexibility index (Phi) is 3.44. The summed E-state index contributed by atoms with van der Waals surface area (Å²) in [5, 5.41) is 5.66. The summed E-state index contributed by atoms with van der Waals surface area (Å²) in [5.41, 5.74) is 4.07. The number of fused-ring (bicyclic) bond motifs is 1. The molecule has 3 rings (SSSR count). The molecule has 0 spiro atoms. The Balaban J connectivity index is 2.20. The van der Waals surface area contributed by atoms with Crippen molar-refractivity contribution in [2.45, 2.75) is 13.5 Å². The highest BCUT2D eigenvalue weighted by Crippen LogP contribution is 2.29. The molecule has 0 aliphatic rings. The van der Waals surface area contributed by atoms with Crippen molar-refractivity contribution in [3.8, 4) is 11.3 Å². The standard InChI is InChI=1S/C17H16N2O2/c1-12-7-3-4-8-13(12)17-14-9-5-6-10-15(14)19(18-17)11-16(20)21-2/h3-10H,11H2,1-2H3. The van der Waals surface area contributed by atoms with E-state index in [1.807, 2.05) is 42.5 Å². The summed E-state index contributed by atoms with van der Waals surface area (Å²) in [4.78, 5) is 11.6. The van der Waals surface area contributed by atoms with Crippen LogP contribution in [0.1, 0.15) is 5.56 Å². The van der Waals surface area contributed by atoms with E-state index in [1.54, 1.807) is 4.68 Å². The molecular formula is C17H16N2O2. The van der Waals surface area contributed by atoms with E-state index < -0.39 is 0 Å². The summed E-state index contributed by atoms with van der Waals surface area (Å²) in [5.74, 6) is -0.306. The van der Waals surface area contributed by atoms with E-state index in [-0.39, 0.29) is 12.5 Å². The molecule has 0 bridgehead atoms. The number of methoxy groups -OCH3 is 1. The van der Waals surface area contributed by atoms with Crippen molar-refractivity contribution in [2.24, 2.45) is 0 Å². The minimum absolute atomic E-state index is 0.114. The lowest BCUT2D eigenvalue weighted by atomic mass is 10.0. The molecular weight excluding hydrogens is 264 g/mol. The number of carbonyl (C=O) groups is 1. The summed E-state index contributed by atoms with van der Waals surface area (Å²) in [6, 6.07) is 16.0. The van der Waals surface area contributed by atoms with Crippen LogP contribution in [-0.4, -0.2) is 22.9 Å². The quantitative estimate of drug-likeness (QED) is 0.692. The Morgan fingerprint density at radius 3 is 2.62 bits per heavy atom. The summed E-state index contributed by atoms with van der Waals surface area (Å²) >= 11 is 0. The molecule has 2 aromatic carbocycles. The smallest absolute Gasteiger partial charge is 0.327 e. The first-order valence-electron chi connectivity index (χ1n) is 6.79. The second-order valence-corrected chi connectivity index (χ2v) is 4.91. The number of aryl methyl sites for hydroxylation is 1. The molecule has 1 heterocycles. The lowest BCUT2D eigenvalue weighted by molar-refractivity contribution is -0.141. The van der Waals surface area contributed by atoms with Gasteiger partial charge in [0.15, 0.2) is 0 Å². The first kappa shape index (κ1) is 13.4. The van der Waals surface area contributed by atoms with E-state index in [4.69, 9.17) is 4.74 Å². The predicted octanol–water partition coefficient (Wildman–Crippen LogP) is 3.18. The fraction of sp³-hybridized carbons (Fsp3) is 0.176. The second-order valence-electron chi connectivity index (χ2n) is 4.91. The van der Waals surface area contributed by atoms with Gasteiger partial charge >= 0.3 is 5.97 Å². The number of carbonyl (C=O) groups excluding carboxylic acids is 1. The van der Waals surface area contributed by atoms with Gasteiger partial charge in [0.2, 0.25) is 0 Å². The molecule has 3 aromatic rings. The van der Waals surface area contributed by atoms with Gasteiger partial charge in [-0.3, -0.25) is 9.48 Å². The van der Waals surface area contributed by atoms with Crippen LogP contribution in [0.5, 0.6) is 0 Å². The average molecular weight is 280 g/mol. The third-order valence-electron chi connectivity index (χ3n) is 3.56. The summed E-state index contributed by atoms with van der Waals surface area (Å²) in [6.07, 6.45) is 0. The third-order valence-corrected chi connectivity index (χ3v) is 3.56.